The predicted molar refractivity (Wildman–Crippen MR) is 135 cm³/mol. The summed E-state index contributed by atoms with van der Waals surface area (Å²) in [5, 5.41) is 11.8. The van der Waals surface area contributed by atoms with Crippen molar-refractivity contribution in [2.24, 2.45) is 0 Å². The smallest absolute Gasteiger partial charge is 0.301 e. The lowest BCUT2D eigenvalue weighted by molar-refractivity contribution is -0.132. The third kappa shape index (κ3) is 4.12. The molecule has 7 nitrogen and oxygen atoms in total. The second kappa shape index (κ2) is 8.60. The topological polar surface area (TPSA) is 105 Å². The molecule has 0 aliphatic carbocycles. The predicted octanol–water partition coefficient (Wildman–Crippen LogP) is 4.98. The number of aliphatic hydroxyl groups excluding tert-OH is 1. The summed E-state index contributed by atoms with van der Waals surface area (Å²) in [6.45, 7) is 0. The molecule has 3 aromatic carbocycles. The molecule has 1 N–H and O–H groups in total. The zero-order valence-corrected chi connectivity index (χ0v) is 20.6. The monoisotopic (exact) mass is 524 g/mol. The molecule has 0 radical (unpaired) electrons. The average Bonchev–Trinajstić information content (AvgIpc) is 3.37. The fourth-order valence-electron chi connectivity index (χ4n) is 3.97. The van der Waals surface area contributed by atoms with Crippen LogP contribution in [0.15, 0.2) is 83.3 Å². The number of thiazole rings is 1. The summed E-state index contributed by atoms with van der Waals surface area (Å²) in [6, 6.07) is 18.7. The molecular weight excluding hydrogens is 508 g/mol. The second-order valence-corrected chi connectivity index (χ2v) is 11.4. The lowest BCUT2D eigenvalue weighted by Crippen LogP contribution is -2.29. The lowest BCUT2D eigenvalue weighted by Gasteiger charge is -2.23. The summed E-state index contributed by atoms with van der Waals surface area (Å²) in [5.74, 6) is -1.99. The SMILES string of the molecule is CS(=O)(=O)c1ccc2nc(N3C(=O)C(=O)/C(=C(/O)c4ccccc4)C3c3ccc(Cl)cc3)sc2c1. The Labute approximate surface area is 209 Å². The van der Waals surface area contributed by atoms with Crippen molar-refractivity contribution in [3.05, 3.63) is 94.5 Å². The third-order valence-electron chi connectivity index (χ3n) is 5.66. The molecule has 1 fully saturated rings. The lowest BCUT2D eigenvalue weighted by atomic mass is 9.95. The number of halogens is 1. The molecule has 1 aliphatic heterocycles. The Morgan fingerprint density at radius 1 is 1.03 bits per heavy atom. The molecule has 35 heavy (non-hydrogen) atoms. The van der Waals surface area contributed by atoms with E-state index < -0.39 is 27.6 Å². The van der Waals surface area contributed by atoms with Crippen molar-refractivity contribution >= 4 is 65.6 Å². The van der Waals surface area contributed by atoms with Gasteiger partial charge in [0.25, 0.3) is 5.78 Å². The number of fused-ring (bicyclic) bond motifs is 1. The van der Waals surface area contributed by atoms with Crippen molar-refractivity contribution in [2.75, 3.05) is 11.2 Å². The van der Waals surface area contributed by atoms with Gasteiger partial charge in [0.2, 0.25) is 0 Å². The van der Waals surface area contributed by atoms with Gasteiger partial charge in [-0.15, -0.1) is 0 Å². The molecule has 1 saturated heterocycles. The molecule has 1 aliphatic rings. The van der Waals surface area contributed by atoms with Crippen LogP contribution >= 0.6 is 22.9 Å². The van der Waals surface area contributed by atoms with Crippen LogP contribution in [0.25, 0.3) is 16.0 Å². The number of anilines is 1. The molecule has 0 spiro atoms. The summed E-state index contributed by atoms with van der Waals surface area (Å²) in [5.41, 5.74) is 1.37. The Morgan fingerprint density at radius 2 is 1.71 bits per heavy atom. The molecule has 1 aromatic heterocycles. The summed E-state index contributed by atoms with van der Waals surface area (Å²) in [7, 11) is -3.44. The second-order valence-electron chi connectivity index (χ2n) is 7.98. The molecule has 176 valence electrons. The number of hydrogen-bond donors (Lipinski definition) is 1. The average molecular weight is 525 g/mol. The van der Waals surface area contributed by atoms with Crippen LogP contribution in [-0.2, 0) is 19.4 Å². The number of hydrogen-bond acceptors (Lipinski definition) is 7. The van der Waals surface area contributed by atoms with E-state index in [9.17, 15) is 23.1 Å². The van der Waals surface area contributed by atoms with E-state index in [4.69, 9.17) is 11.6 Å². The molecule has 0 bridgehead atoms. The van der Waals surface area contributed by atoms with Crippen molar-refractivity contribution in [1.82, 2.24) is 4.98 Å². The van der Waals surface area contributed by atoms with Gasteiger partial charge in [-0.2, -0.15) is 0 Å². The van der Waals surface area contributed by atoms with E-state index in [0.29, 0.717) is 26.4 Å². The standard InChI is InChI=1S/C25H17ClN2O5S2/c1-35(32,33)17-11-12-18-19(13-17)34-25(27-18)28-21(14-7-9-16(26)10-8-14)20(23(30)24(28)31)22(29)15-5-3-2-4-6-15/h2-13,21,29H,1H3/b22-20+. The van der Waals surface area contributed by atoms with Crippen LogP contribution in [0.4, 0.5) is 5.13 Å². The largest absolute Gasteiger partial charge is 0.507 e. The maximum atomic E-state index is 13.3. The van der Waals surface area contributed by atoms with Gasteiger partial charge in [0.05, 0.1) is 26.7 Å². The minimum Gasteiger partial charge on any atom is -0.507 e. The molecule has 5 rings (SSSR count). The van der Waals surface area contributed by atoms with Gasteiger partial charge in [0, 0.05) is 16.8 Å². The number of Topliss-reactive ketones (excluding diaryl/α,β-unsaturated/α-hetero) is 1. The first-order valence-corrected chi connectivity index (χ1v) is 13.5. The van der Waals surface area contributed by atoms with Gasteiger partial charge >= 0.3 is 5.91 Å². The molecule has 10 heteroatoms. The van der Waals surface area contributed by atoms with E-state index in [1.807, 2.05) is 0 Å². The number of benzene rings is 3. The normalized spacial score (nSPS) is 17.9. The van der Waals surface area contributed by atoms with Crippen molar-refractivity contribution < 1.29 is 23.1 Å². The van der Waals surface area contributed by atoms with E-state index in [-0.39, 0.29) is 21.4 Å². The highest BCUT2D eigenvalue weighted by Crippen LogP contribution is 2.44. The zero-order valence-electron chi connectivity index (χ0n) is 18.2. The Hall–Kier alpha value is -3.53. The Kier molecular flexibility index (Phi) is 5.71. The van der Waals surface area contributed by atoms with Crippen LogP contribution in [0.1, 0.15) is 17.2 Å². The molecular formula is C25H17ClN2O5S2. The number of carbonyl (C=O) groups excluding carboxylic acids is 2. The van der Waals surface area contributed by atoms with Crippen molar-refractivity contribution in [2.45, 2.75) is 10.9 Å². The third-order valence-corrected chi connectivity index (χ3v) is 8.04. The fraction of sp³-hybridized carbons (Fsp3) is 0.0800. The van der Waals surface area contributed by atoms with Crippen LogP contribution in [0, 0.1) is 0 Å². The highest BCUT2D eigenvalue weighted by atomic mass is 35.5. The number of rotatable bonds is 4. The van der Waals surface area contributed by atoms with Gasteiger partial charge in [-0.05, 0) is 35.9 Å². The number of nitrogens with zero attached hydrogens (tertiary/aromatic N) is 2. The van der Waals surface area contributed by atoms with Gasteiger partial charge in [-0.1, -0.05) is 65.4 Å². The summed E-state index contributed by atoms with van der Waals surface area (Å²) in [4.78, 5) is 32.4. The molecule has 4 aromatic rings. The van der Waals surface area contributed by atoms with Crippen LogP contribution in [0.5, 0.6) is 0 Å². The summed E-state index contributed by atoms with van der Waals surface area (Å²) < 4.78 is 24.5. The number of aromatic nitrogens is 1. The van der Waals surface area contributed by atoms with E-state index >= 15 is 0 Å². The van der Waals surface area contributed by atoms with Gasteiger partial charge < -0.3 is 5.11 Å². The van der Waals surface area contributed by atoms with Crippen LogP contribution in [0.2, 0.25) is 5.02 Å². The molecule has 1 unspecified atom stereocenters. The van der Waals surface area contributed by atoms with E-state index in [0.717, 1.165) is 17.6 Å². The number of aliphatic hydroxyl groups is 1. The van der Waals surface area contributed by atoms with Crippen molar-refractivity contribution in [3.8, 4) is 0 Å². The zero-order chi connectivity index (χ0) is 24.9. The summed E-state index contributed by atoms with van der Waals surface area (Å²) >= 11 is 7.15. The number of ketones is 1. The quantitative estimate of drug-likeness (QED) is 0.229. The molecule has 1 atom stereocenters. The Balaban J connectivity index is 1.72. The maximum absolute atomic E-state index is 13.3. The molecule has 1 amide bonds. The minimum absolute atomic E-state index is 0.0698. The maximum Gasteiger partial charge on any atom is 0.301 e. The van der Waals surface area contributed by atoms with Gasteiger partial charge in [0.15, 0.2) is 15.0 Å². The first-order chi connectivity index (χ1) is 16.6. The Bertz CT molecular complexity index is 1630. The van der Waals surface area contributed by atoms with Gasteiger partial charge in [-0.25, -0.2) is 13.4 Å². The Morgan fingerprint density at radius 3 is 2.37 bits per heavy atom. The highest BCUT2D eigenvalue weighted by molar-refractivity contribution is 7.90. The van der Waals surface area contributed by atoms with Crippen LogP contribution in [-0.4, -0.2) is 36.5 Å². The van der Waals surface area contributed by atoms with E-state index in [1.54, 1.807) is 60.7 Å². The van der Waals surface area contributed by atoms with E-state index in [1.165, 1.54) is 17.0 Å². The highest BCUT2D eigenvalue weighted by Gasteiger charge is 2.48. The number of amides is 1. The van der Waals surface area contributed by atoms with Crippen molar-refractivity contribution in [1.29, 1.82) is 0 Å². The van der Waals surface area contributed by atoms with Gasteiger partial charge in [0.1, 0.15) is 5.76 Å². The molecule has 0 saturated carbocycles. The van der Waals surface area contributed by atoms with Gasteiger partial charge in [-0.3, -0.25) is 14.5 Å². The molecule has 2 heterocycles. The minimum atomic E-state index is -3.44. The first kappa shape index (κ1) is 23.2. The first-order valence-electron chi connectivity index (χ1n) is 10.4. The van der Waals surface area contributed by atoms with Crippen molar-refractivity contribution in [3.63, 3.8) is 0 Å². The van der Waals surface area contributed by atoms with E-state index in [2.05, 4.69) is 4.98 Å². The number of carbonyl (C=O) groups is 2. The summed E-state index contributed by atoms with van der Waals surface area (Å²) in [6.07, 6.45) is 1.11. The number of sulfone groups is 1. The van der Waals surface area contributed by atoms with Crippen LogP contribution < -0.4 is 4.90 Å². The van der Waals surface area contributed by atoms with Crippen LogP contribution in [0.3, 0.4) is 0 Å². The fourth-order valence-corrected chi connectivity index (χ4v) is 5.85.